The molecule has 15 heavy (non-hydrogen) atoms. The summed E-state index contributed by atoms with van der Waals surface area (Å²) in [6.45, 7) is 6.11. The molecule has 0 spiro atoms. The predicted octanol–water partition coefficient (Wildman–Crippen LogP) is 0.343. The van der Waals surface area contributed by atoms with E-state index in [9.17, 15) is 9.59 Å². The van der Waals surface area contributed by atoms with Crippen LogP contribution in [0.3, 0.4) is 0 Å². The maximum absolute atomic E-state index is 11.7. The summed E-state index contributed by atoms with van der Waals surface area (Å²) in [6, 6.07) is 0. The van der Waals surface area contributed by atoms with Crippen LogP contribution >= 0.6 is 0 Å². The van der Waals surface area contributed by atoms with Crippen molar-refractivity contribution in [2.45, 2.75) is 33.0 Å². The molecule has 5 heteroatoms. The highest BCUT2D eigenvalue weighted by Crippen LogP contribution is 2.13. The molecule has 3 unspecified atom stereocenters. The third-order valence-corrected chi connectivity index (χ3v) is 2.47. The van der Waals surface area contributed by atoms with Gasteiger partial charge in [-0.05, 0) is 20.8 Å². The lowest BCUT2D eigenvalue weighted by Gasteiger charge is -2.36. The standard InChI is InChI=1S/C10H17NO4/c1-6-4-11(5-7(2)15-6)9(12)8(3)10(13)14/h6-8H,4-5H2,1-3H3,(H,13,14). The second kappa shape index (κ2) is 4.61. The van der Waals surface area contributed by atoms with E-state index in [1.165, 1.54) is 6.92 Å². The number of rotatable bonds is 2. The van der Waals surface area contributed by atoms with E-state index in [0.717, 1.165) is 0 Å². The number of nitrogens with zero attached hydrogens (tertiary/aromatic N) is 1. The van der Waals surface area contributed by atoms with E-state index in [2.05, 4.69) is 0 Å². The molecule has 0 aromatic heterocycles. The number of amides is 1. The van der Waals surface area contributed by atoms with Crippen molar-refractivity contribution in [3.8, 4) is 0 Å². The van der Waals surface area contributed by atoms with Gasteiger partial charge in [0.2, 0.25) is 5.91 Å². The van der Waals surface area contributed by atoms with Gasteiger partial charge >= 0.3 is 5.97 Å². The molecule has 0 radical (unpaired) electrons. The van der Waals surface area contributed by atoms with Gasteiger partial charge in [0.05, 0.1) is 12.2 Å². The second-order valence-electron chi connectivity index (χ2n) is 4.06. The Bertz CT molecular complexity index is 256. The van der Waals surface area contributed by atoms with Gasteiger partial charge in [-0.25, -0.2) is 0 Å². The molecule has 1 fully saturated rings. The molecule has 0 saturated carbocycles. The van der Waals surface area contributed by atoms with Gasteiger partial charge in [0.1, 0.15) is 5.92 Å². The molecule has 1 saturated heterocycles. The van der Waals surface area contributed by atoms with Crippen LogP contribution in [0.15, 0.2) is 0 Å². The maximum Gasteiger partial charge on any atom is 0.315 e. The Morgan fingerprint density at radius 1 is 1.33 bits per heavy atom. The average Bonchev–Trinajstić information content (AvgIpc) is 2.13. The van der Waals surface area contributed by atoms with Crippen molar-refractivity contribution >= 4 is 11.9 Å². The minimum Gasteiger partial charge on any atom is -0.481 e. The smallest absolute Gasteiger partial charge is 0.315 e. The van der Waals surface area contributed by atoms with E-state index < -0.39 is 11.9 Å². The van der Waals surface area contributed by atoms with Gasteiger partial charge in [0.25, 0.3) is 0 Å². The van der Waals surface area contributed by atoms with E-state index >= 15 is 0 Å². The Morgan fingerprint density at radius 3 is 2.20 bits per heavy atom. The summed E-state index contributed by atoms with van der Waals surface area (Å²) in [5, 5.41) is 8.74. The van der Waals surface area contributed by atoms with Crippen molar-refractivity contribution in [1.82, 2.24) is 4.90 Å². The fourth-order valence-corrected chi connectivity index (χ4v) is 1.74. The zero-order valence-corrected chi connectivity index (χ0v) is 9.27. The van der Waals surface area contributed by atoms with Gasteiger partial charge in [-0.15, -0.1) is 0 Å². The summed E-state index contributed by atoms with van der Waals surface area (Å²) in [4.78, 5) is 24.0. The molecule has 0 bridgehead atoms. The van der Waals surface area contributed by atoms with Crippen LogP contribution < -0.4 is 0 Å². The van der Waals surface area contributed by atoms with Gasteiger partial charge in [-0.1, -0.05) is 0 Å². The number of carboxylic acids is 1. The van der Waals surface area contributed by atoms with Gasteiger partial charge in [0.15, 0.2) is 0 Å². The largest absolute Gasteiger partial charge is 0.481 e. The lowest BCUT2D eigenvalue weighted by atomic mass is 10.1. The number of carbonyl (C=O) groups excluding carboxylic acids is 1. The summed E-state index contributed by atoms with van der Waals surface area (Å²) in [7, 11) is 0. The molecule has 1 aliphatic rings. The first-order valence-electron chi connectivity index (χ1n) is 5.09. The molecule has 1 N–H and O–H groups in total. The average molecular weight is 215 g/mol. The predicted molar refractivity (Wildman–Crippen MR) is 53.4 cm³/mol. The Morgan fingerprint density at radius 2 is 1.80 bits per heavy atom. The van der Waals surface area contributed by atoms with Crippen molar-refractivity contribution in [3.05, 3.63) is 0 Å². The fraction of sp³-hybridized carbons (Fsp3) is 0.800. The summed E-state index contributed by atoms with van der Waals surface area (Å²) in [6.07, 6.45) is -0.0580. The highest BCUT2D eigenvalue weighted by atomic mass is 16.5. The first kappa shape index (κ1) is 12.0. The molecule has 86 valence electrons. The Balaban J connectivity index is 2.63. The van der Waals surface area contributed by atoms with Gasteiger partial charge in [-0.2, -0.15) is 0 Å². The van der Waals surface area contributed by atoms with Crippen molar-refractivity contribution < 1.29 is 19.4 Å². The van der Waals surface area contributed by atoms with Gasteiger partial charge < -0.3 is 14.7 Å². The molecule has 1 rings (SSSR count). The van der Waals surface area contributed by atoms with E-state index in [1.54, 1.807) is 4.90 Å². The van der Waals surface area contributed by atoms with Crippen molar-refractivity contribution in [3.63, 3.8) is 0 Å². The van der Waals surface area contributed by atoms with Crippen LogP contribution in [-0.2, 0) is 14.3 Å². The molecule has 1 heterocycles. The number of hydrogen-bond acceptors (Lipinski definition) is 3. The van der Waals surface area contributed by atoms with Crippen LogP contribution in [0.5, 0.6) is 0 Å². The number of morpholine rings is 1. The Labute approximate surface area is 89.0 Å². The SMILES string of the molecule is CC1CN(C(=O)C(C)C(=O)O)CC(C)O1. The molecule has 1 amide bonds. The van der Waals surface area contributed by atoms with Crippen LogP contribution in [0.2, 0.25) is 0 Å². The molecule has 3 atom stereocenters. The van der Waals surface area contributed by atoms with E-state index in [0.29, 0.717) is 13.1 Å². The normalized spacial score (nSPS) is 28.6. The van der Waals surface area contributed by atoms with Crippen molar-refractivity contribution in [2.24, 2.45) is 5.92 Å². The summed E-state index contributed by atoms with van der Waals surface area (Å²) in [5.41, 5.74) is 0. The van der Waals surface area contributed by atoms with Crippen LogP contribution in [0.1, 0.15) is 20.8 Å². The van der Waals surface area contributed by atoms with Gasteiger partial charge in [0, 0.05) is 13.1 Å². The molecular weight excluding hydrogens is 198 g/mol. The van der Waals surface area contributed by atoms with E-state index in [1.807, 2.05) is 13.8 Å². The minimum atomic E-state index is -1.08. The Kier molecular flexibility index (Phi) is 3.68. The fourth-order valence-electron chi connectivity index (χ4n) is 1.74. The maximum atomic E-state index is 11.7. The number of aliphatic carboxylic acids is 1. The zero-order chi connectivity index (χ0) is 11.6. The molecule has 0 aromatic carbocycles. The van der Waals surface area contributed by atoms with Crippen molar-refractivity contribution in [1.29, 1.82) is 0 Å². The molecule has 5 nitrogen and oxygen atoms in total. The number of hydrogen-bond donors (Lipinski definition) is 1. The summed E-state index contributed by atoms with van der Waals surface area (Å²) < 4.78 is 5.47. The van der Waals surface area contributed by atoms with Crippen LogP contribution in [-0.4, -0.2) is 47.2 Å². The van der Waals surface area contributed by atoms with Crippen molar-refractivity contribution in [2.75, 3.05) is 13.1 Å². The topological polar surface area (TPSA) is 66.8 Å². The van der Waals surface area contributed by atoms with Crippen LogP contribution in [0, 0.1) is 5.92 Å². The first-order chi connectivity index (χ1) is 6.91. The number of ether oxygens (including phenoxy) is 1. The molecule has 1 aliphatic heterocycles. The lowest BCUT2D eigenvalue weighted by molar-refractivity contribution is -0.156. The summed E-state index contributed by atoms with van der Waals surface area (Å²) >= 11 is 0. The van der Waals surface area contributed by atoms with Crippen LogP contribution in [0.4, 0.5) is 0 Å². The molecule has 0 aromatic rings. The monoisotopic (exact) mass is 215 g/mol. The van der Waals surface area contributed by atoms with E-state index in [4.69, 9.17) is 9.84 Å². The van der Waals surface area contributed by atoms with Gasteiger partial charge in [-0.3, -0.25) is 9.59 Å². The third kappa shape index (κ3) is 2.92. The highest BCUT2D eigenvalue weighted by molar-refractivity contribution is 5.96. The molecular formula is C10H17NO4. The quantitative estimate of drug-likeness (QED) is 0.675. The third-order valence-electron chi connectivity index (χ3n) is 2.47. The summed E-state index contributed by atoms with van der Waals surface area (Å²) in [5.74, 6) is -2.38. The first-order valence-corrected chi connectivity index (χ1v) is 5.09. The number of carbonyl (C=O) groups is 2. The highest BCUT2D eigenvalue weighted by Gasteiger charge is 2.31. The Hall–Kier alpha value is -1.10. The lowest BCUT2D eigenvalue weighted by Crippen LogP contribution is -2.50. The molecule has 0 aliphatic carbocycles. The minimum absolute atomic E-state index is 0.0290. The van der Waals surface area contributed by atoms with Crippen LogP contribution in [0.25, 0.3) is 0 Å². The second-order valence-corrected chi connectivity index (χ2v) is 4.06. The zero-order valence-electron chi connectivity index (χ0n) is 9.27. The van der Waals surface area contributed by atoms with E-state index in [-0.39, 0.29) is 18.1 Å². The number of carboxylic acid groups (broad SMARTS) is 1.